The maximum absolute atomic E-state index is 11.3. The van der Waals surface area contributed by atoms with Gasteiger partial charge in [0.2, 0.25) is 5.91 Å². The number of carbonyl (C=O) groups excluding carboxylic acids is 1. The minimum atomic E-state index is -0.533. The standard InChI is InChI=1S/C8H5I2N3O/c1-4-2-7(10)5(3-6(4)9)8(14)12-13-11/h2-3H,1H3. The summed E-state index contributed by atoms with van der Waals surface area (Å²) >= 11 is 4.19. The smallest absolute Gasteiger partial charge is 0.250 e. The van der Waals surface area contributed by atoms with Gasteiger partial charge in [-0.25, -0.2) is 0 Å². The van der Waals surface area contributed by atoms with Crippen LogP contribution in [-0.2, 0) is 0 Å². The highest BCUT2D eigenvalue weighted by Crippen LogP contribution is 2.20. The molecule has 1 rings (SSSR count). The molecule has 0 fully saturated rings. The zero-order valence-corrected chi connectivity index (χ0v) is 11.5. The Hall–Kier alpha value is -0.340. The van der Waals surface area contributed by atoms with Crippen molar-refractivity contribution in [1.82, 2.24) is 0 Å². The lowest BCUT2D eigenvalue weighted by molar-refractivity contribution is 0.0999. The molecule has 4 nitrogen and oxygen atoms in total. The number of rotatable bonds is 1. The predicted molar refractivity (Wildman–Crippen MR) is 70.1 cm³/mol. The molecule has 14 heavy (non-hydrogen) atoms. The Bertz CT molecular complexity index is 438. The van der Waals surface area contributed by atoms with Crippen molar-refractivity contribution in [2.45, 2.75) is 6.92 Å². The van der Waals surface area contributed by atoms with Gasteiger partial charge in [0.1, 0.15) is 0 Å². The van der Waals surface area contributed by atoms with Crippen LogP contribution in [0.4, 0.5) is 0 Å². The Morgan fingerprint density at radius 2 is 2.07 bits per heavy atom. The molecule has 0 saturated carbocycles. The van der Waals surface area contributed by atoms with Crippen molar-refractivity contribution >= 4 is 51.1 Å². The van der Waals surface area contributed by atoms with E-state index in [2.05, 4.69) is 55.2 Å². The summed E-state index contributed by atoms with van der Waals surface area (Å²) in [6.45, 7) is 1.96. The molecule has 0 unspecified atom stereocenters. The number of hydrogen-bond donors (Lipinski definition) is 0. The lowest BCUT2D eigenvalue weighted by atomic mass is 10.1. The van der Waals surface area contributed by atoms with E-state index < -0.39 is 5.91 Å². The third-order valence-corrected chi connectivity index (χ3v) is 3.67. The van der Waals surface area contributed by atoms with Gasteiger partial charge in [0.15, 0.2) is 0 Å². The monoisotopic (exact) mass is 413 g/mol. The molecule has 0 aromatic heterocycles. The van der Waals surface area contributed by atoms with E-state index >= 15 is 0 Å². The van der Waals surface area contributed by atoms with E-state index in [1.54, 1.807) is 6.07 Å². The molecule has 0 bridgehead atoms. The van der Waals surface area contributed by atoms with E-state index in [1.807, 2.05) is 13.0 Å². The molecular formula is C8H5I2N3O. The van der Waals surface area contributed by atoms with Crippen LogP contribution in [0.2, 0.25) is 0 Å². The van der Waals surface area contributed by atoms with Gasteiger partial charge in [-0.05, 0) is 80.4 Å². The first kappa shape index (κ1) is 11.7. The van der Waals surface area contributed by atoms with E-state index in [-0.39, 0.29) is 0 Å². The second-order valence-corrected chi connectivity index (χ2v) is 4.90. The van der Waals surface area contributed by atoms with Crippen LogP contribution >= 0.6 is 45.2 Å². The highest BCUT2D eigenvalue weighted by atomic mass is 127. The van der Waals surface area contributed by atoms with Gasteiger partial charge in [0, 0.05) is 17.6 Å². The van der Waals surface area contributed by atoms with Crippen molar-refractivity contribution in [3.8, 4) is 0 Å². The lowest BCUT2D eigenvalue weighted by Gasteiger charge is -2.03. The van der Waals surface area contributed by atoms with Gasteiger partial charge in [-0.15, -0.1) is 0 Å². The summed E-state index contributed by atoms with van der Waals surface area (Å²) in [5.74, 6) is -0.533. The largest absolute Gasteiger partial charge is 0.287 e. The minimum Gasteiger partial charge on any atom is -0.287 e. The van der Waals surface area contributed by atoms with Crippen molar-refractivity contribution < 1.29 is 4.79 Å². The number of hydrogen-bond acceptors (Lipinski definition) is 1. The summed E-state index contributed by atoms with van der Waals surface area (Å²) in [7, 11) is 0. The van der Waals surface area contributed by atoms with Gasteiger partial charge in [0.05, 0.1) is 0 Å². The van der Waals surface area contributed by atoms with Crippen molar-refractivity contribution in [2.75, 3.05) is 0 Å². The quantitative estimate of drug-likeness (QED) is 0.300. The zero-order chi connectivity index (χ0) is 10.7. The van der Waals surface area contributed by atoms with E-state index in [9.17, 15) is 4.79 Å². The molecule has 0 aliphatic carbocycles. The number of carbonyl (C=O) groups is 1. The first-order valence-electron chi connectivity index (χ1n) is 3.61. The molecule has 0 N–H and O–H groups in total. The summed E-state index contributed by atoms with van der Waals surface area (Å²) in [4.78, 5) is 13.8. The summed E-state index contributed by atoms with van der Waals surface area (Å²) in [5, 5.41) is 3.06. The van der Waals surface area contributed by atoms with Crippen LogP contribution in [-0.4, -0.2) is 5.91 Å². The zero-order valence-electron chi connectivity index (χ0n) is 7.16. The maximum Gasteiger partial charge on any atom is 0.250 e. The number of nitrogens with zero attached hydrogens (tertiary/aromatic N) is 3. The van der Waals surface area contributed by atoms with E-state index in [0.717, 1.165) is 12.7 Å². The van der Waals surface area contributed by atoms with E-state index in [1.165, 1.54) is 0 Å². The number of benzene rings is 1. The van der Waals surface area contributed by atoms with Crippen LogP contribution in [0.3, 0.4) is 0 Å². The Morgan fingerprint density at radius 1 is 1.43 bits per heavy atom. The van der Waals surface area contributed by atoms with Crippen molar-refractivity contribution in [1.29, 1.82) is 0 Å². The van der Waals surface area contributed by atoms with Gasteiger partial charge in [-0.1, -0.05) is 0 Å². The highest BCUT2D eigenvalue weighted by Gasteiger charge is 2.09. The SMILES string of the molecule is Cc1cc(I)c(C(=O)N=[N+]=[N-])cc1I. The number of azide groups is 1. The third kappa shape index (κ3) is 2.58. The molecule has 1 aromatic rings. The molecule has 0 aliphatic rings. The lowest BCUT2D eigenvalue weighted by Crippen LogP contribution is -1.99. The Labute approximate surface area is 108 Å². The Kier molecular flexibility index (Phi) is 4.14. The fourth-order valence-electron chi connectivity index (χ4n) is 0.905. The highest BCUT2D eigenvalue weighted by molar-refractivity contribution is 14.1. The second kappa shape index (κ2) is 4.94. The molecule has 0 heterocycles. The van der Waals surface area contributed by atoms with Crippen LogP contribution in [0, 0.1) is 14.1 Å². The summed E-state index contributed by atoms with van der Waals surface area (Å²) in [6.07, 6.45) is 0. The number of aryl methyl sites for hydroxylation is 1. The molecular weight excluding hydrogens is 408 g/mol. The van der Waals surface area contributed by atoms with Crippen molar-refractivity contribution in [3.63, 3.8) is 0 Å². The first-order valence-corrected chi connectivity index (χ1v) is 5.77. The second-order valence-electron chi connectivity index (χ2n) is 2.58. The van der Waals surface area contributed by atoms with Crippen LogP contribution in [0.5, 0.6) is 0 Å². The molecule has 0 saturated heterocycles. The first-order chi connectivity index (χ1) is 6.56. The molecule has 72 valence electrons. The fourth-order valence-corrected chi connectivity index (χ4v) is 2.23. The average Bonchev–Trinajstić information content (AvgIpc) is 2.11. The normalized spacial score (nSPS) is 9.36. The summed E-state index contributed by atoms with van der Waals surface area (Å²) < 4.78 is 1.79. The molecule has 0 atom stereocenters. The van der Waals surface area contributed by atoms with Gasteiger partial charge in [-0.2, -0.15) is 0 Å². The summed E-state index contributed by atoms with van der Waals surface area (Å²) in [6, 6.07) is 3.62. The molecule has 1 amide bonds. The average molecular weight is 413 g/mol. The molecule has 6 heteroatoms. The summed E-state index contributed by atoms with van der Waals surface area (Å²) in [5.41, 5.74) is 9.71. The predicted octanol–water partition coefficient (Wildman–Crippen LogP) is 3.65. The Balaban J connectivity index is 3.29. The van der Waals surface area contributed by atoms with E-state index in [0.29, 0.717) is 5.56 Å². The molecule has 1 aromatic carbocycles. The van der Waals surface area contributed by atoms with Crippen molar-refractivity contribution in [3.05, 3.63) is 40.8 Å². The van der Waals surface area contributed by atoms with Crippen LogP contribution in [0.1, 0.15) is 15.9 Å². The van der Waals surface area contributed by atoms with Gasteiger partial charge in [0.25, 0.3) is 0 Å². The van der Waals surface area contributed by atoms with Crippen LogP contribution in [0.15, 0.2) is 17.2 Å². The third-order valence-electron chi connectivity index (χ3n) is 1.61. The Morgan fingerprint density at radius 3 is 2.64 bits per heavy atom. The van der Waals surface area contributed by atoms with Gasteiger partial charge < -0.3 is 0 Å². The van der Waals surface area contributed by atoms with Crippen LogP contribution in [0.25, 0.3) is 10.4 Å². The number of halogens is 2. The topological polar surface area (TPSA) is 65.8 Å². The maximum atomic E-state index is 11.3. The fraction of sp³-hybridized carbons (Fsp3) is 0.125. The number of amides is 1. The van der Waals surface area contributed by atoms with Crippen LogP contribution < -0.4 is 0 Å². The van der Waals surface area contributed by atoms with Crippen molar-refractivity contribution in [2.24, 2.45) is 5.11 Å². The minimum absolute atomic E-state index is 0.457. The molecule has 0 spiro atoms. The van der Waals surface area contributed by atoms with Gasteiger partial charge >= 0.3 is 0 Å². The van der Waals surface area contributed by atoms with E-state index in [4.69, 9.17) is 5.53 Å². The molecule has 0 radical (unpaired) electrons. The molecule has 0 aliphatic heterocycles. The van der Waals surface area contributed by atoms with Gasteiger partial charge in [-0.3, -0.25) is 4.79 Å².